The summed E-state index contributed by atoms with van der Waals surface area (Å²) in [4.78, 5) is 2.44. The minimum atomic E-state index is -3.38. The highest BCUT2D eigenvalue weighted by Crippen LogP contribution is 2.20. The third-order valence-corrected chi connectivity index (χ3v) is 5.50. The first-order chi connectivity index (χ1) is 9.41. The highest BCUT2D eigenvalue weighted by Gasteiger charge is 2.30. The summed E-state index contributed by atoms with van der Waals surface area (Å²) >= 11 is 0. The fourth-order valence-electron chi connectivity index (χ4n) is 2.45. The number of piperazine rings is 1. The molecule has 1 saturated heterocycles. The Morgan fingerprint density at radius 1 is 1.29 bits per heavy atom. The van der Waals surface area contributed by atoms with Gasteiger partial charge in [0.25, 0.3) is 0 Å². The molecule has 0 aromatic heterocycles. The van der Waals surface area contributed by atoms with Gasteiger partial charge in [-0.3, -0.25) is 0 Å². The van der Waals surface area contributed by atoms with Gasteiger partial charge in [-0.2, -0.15) is 4.31 Å². The van der Waals surface area contributed by atoms with Crippen molar-refractivity contribution in [2.75, 3.05) is 33.7 Å². The molecule has 1 aliphatic rings. The smallest absolute Gasteiger partial charge is 0.243 e. The Hall–Kier alpha value is -0.660. The van der Waals surface area contributed by atoms with Gasteiger partial charge < -0.3 is 10.2 Å². The van der Waals surface area contributed by atoms with Gasteiger partial charge in [-0.1, -0.05) is 12.1 Å². The lowest BCUT2D eigenvalue weighted by Gasteiger charge is -2.32. The first-order valence-corrected chi connectivity index (χ1v) is 8.31. The van der Waals surface area contributed by atoms with E-state index < -0.39 is 10.0 Å². The van der Waals surface area contributed by atoms with Crippen LogP contribution in [0.3, 0.4) is 0 Å². The summed E-state index contributed by atoms with van der Waals surface area (Å²) in [5.41, 5.74) is 1.11. The standard InChI is InChI=1S/C14H23N3O2S.ClH/c1-12-10-15-8-9-17(12)20(18,19)14-6-4-13(5-7-14)11-16(2)3;/h4-7,12,15H,8-11H2,1-3H3;1H/t12-;/m0./s1. The van der Waals surface area contributed by atoms with E-state index in [2.05, 4.69) is 10.2 Å². The summed E-state index contributed by atoms with van der Waals surface area (Å²) in [5.74, 6) is 0. The quantitative estimate of drug-likeness (QED) is 0.898. The van der Waals surface area contributed by atoms with E-state index in [1.165, 1.54) is 0 Å². The molecule has 5 nitrogen and oxygen atoms in total. The van der Waals surface area contributed by atoms with Crippen LogP contribution in [0.4, 0.5) is 0 Å². The summed E-state index contributed by atoms with van der Waals surface area (Å²) in [6.07, 6.45) is 0. The highest BCUT2D eigenvalue weighted by atomic mass is 35.5. The molecule has 1 aromatic rings. The maximum absolute atomic E-state index is 12.6. The minimum Gasteiger partial charge on any atom is -0.314 e. The zero-order valence-electron chi connectivity index (χ0n) is 12.7. The van der Waals surface area contributed by atoms with Crippen molar-refractivity contribution in [2.45, 2.75) is 24.4 Å². The zero-order valence-corrected chi connectivity index (χ0v) is 14.4. The predicted molar refractivity (Wildman–Crippen MR) is 87.3 cm³/mol. The molecule has 0 radical (unpaired) electrons. The van der Waals surface area contributed by atoms with Crippen molar-refractivity contribution < 1.29 is 8.42 Å². The van der Waals surface area contributed by atoms with E-state index in [0.717, 1.165) is 12.1 Å². The molecule has 1 aromatic carbocycles. The van der Waals surface area contributed by atoms with Crippen LogP contribution in [0, 0.1) is 0 Å². The van der Waals surface area contributed by atoms with E-state index in [1.54, 1.807) is 16.4 Å². The largest absolute Gasteiger partial charge is 0.314 e. The molecule has 0 saturated carbocycles. The Balaban J connectivity index is 0.00000220. The van der Waals surface area contributed by atoms with E-state index in [0.29, 0.717) is 24.5 Å². The number of sulfonamides is 1. The normalized spacial score (nSPS) is 20.3. The van der Waals surface area contributed by atoms with E-state index in [-0.39, 0.29) is 18.4 Å². The average Bonchev–Trinajstić information content (AvgIpc) is 2.39. The average molecular weight is 334 g/mol. The number of halogens is 1. The molecule has 1 fully saturated rings. The van der Waals surface area contributed by atoms with E-state index >= 15 is 0 Å². The number of hydrogen-bond donors (Lipinski definition) is 1. The molecule has 1 atom stereocenters. The second-order valence-corrected chi connectivity index (χ2v) is 7.44. The topological polar surface area (TPSA) is 52.7 Å². The Labute approximate surface area is 133 Å². The van der Waals surface area contributed by atoms with Crippen LogP contribution >= 0.6 is 12.4 Å². The van der Waals surface area contributed by atoms with Crippen LogP contribution in [-0.4, -0.2) is 57.4 Å². The Kier molecular flexibility index (Phi) is 6.62. The van der Waals surface area contributed by atoms with Crippen molar-refractivity contribution in [3.63, 3.8) is 0 Å². The summed E-state index contributed by atoms with van der Waals surface area (Å²) in [6.45, 7) is 4.69. The van der Waals surface area contributed by atoms with Gasteiger partial charge in [0, 0.05) is 32.2 Å². The Morgan fingerprint density at radius 3 is 2.43 bits per heavy atom. The molecule has 0 spiro atoms. The summed E-state index contributed by atoms with van der Waals surface area (Å²) in [6, 6.07) is 7.20. The third kappa shape index (κ3) is 4.40. The molecule has 21 heavy (non-hydrogen) atoms. The molecule has 0 bridgehead atoms. The summed E-state index contributed by atoms with van der Waals surface area (Å²) in [7, 11) is 0.610. The first-order valence-electron chi connectivity index (χ1n) is 6.87. The van der Waals surface area contributed by atoms with Gasteiger partial charge in [-0.15, -0.1) is 12.4 Å². The van der Waals surface area contributed by atoms with Crippen molar-refractivity contribution in [2.24, 2.45) is 0 Å². The van der Waals surface area contributed by atoms with Crippen LogP contribution in [-0.2, 0) is 16.6 Å². The SMILES string of the molecule is C[C@H]1CNCCN1S(=O)(=O)c1ccc(CN(C)C)cc1.Cl. The molecule has 1 aliphatic heterocycles. The number of nitrogens with one attached hydrogen (secondary N) is 1. The monoisotopic (exact) mass is 333 g/mol. The third-order valence-electron chi connectivity index (χ3n) is 3.47. The molecule has 0 aliphatic carbocycles. The molecule has 0 amide bonds. The number of hydrogen-bond acceptors (Lipinski definition) is 4. The van der Waals surface area contributed by atoms with Gasteiger partial charge >= 0.3 is 0 Å². The fraction of sp³-hybridized carbons (Fsp3) is 0.571. The van der Waals surface area contributed by atoms with Crippen LogP contribution in [0.25, 0.3) is 0 Å². The van der Waals surface area contributed by atoms with Crippen LogP contribution in [0.1, 0.15) is 12.5 Å². The summed E-state index contributed by atoms with van der Waals surface area (Å²) in [5, 5.41) is 3.21. The lowest BCUT2D eigenvalue weighted by Crippen LogP contribution is -2.52. The zero-order chi connectivity index (χ0) is 14.8. The first kappa shape index (κ1) is 18.4. The highest BCUT2D eigenvalue weighted by molar-refractivity contribution is 7.89. The lowest BCUT2D eigenvalue weighted by molar-refractivity contribution is 0.284. The number of rotatable bonds is 4. The molecule has 120 valence electrons. The predicted octanol–water partition coefficient (Wildman–Crippen LogP) is 1.15. The molecule has 7 heteroatoms. The number of benzene rings is 1. The fourth-order valence-corrected chi connectivity index (χ4v) is 4.08. The van der Waals surface area contributed by atoms with Gasteiger partial charge in [0.05, 0.1) is 4.90 Å². The van der Waals surface area contributed by atoms with Gasteiger partial charge in [0.2, 0.25) is 10.0 Å². The lowest BCUT2D eigenvalue weighted by atomic mass is 10.2. The molecular weight excluding hydrogens is 310 g/mol. The second kappa shape index (κ2) is 7.56. The van der Waals surface area contributed by atoms with Gasteiger partial charge in [0.1, 0.15) is 0 Å². The number of nitrogens with zero attached hydrogens (tertiary/aromatic N) is 2. The Bertz CT molecular complexity index is 546. The van der Waals surface area contributed by atoms with E-state index in [9.17, 15) is 8.42 Å². The van der Waals surface area contributed by atoms with Crippen LogP contribution in [0.15, 0.2) is 29.2 Å². The van der Waals surface area contributed by atoms with Crippen molar-refractivity contribution in [3.05, 3.63) is 29.8 Å². The maximum atomic E-state index is 12.6. The van der Waals surface area contributed by atoms with Crippen LogP contribution in [0.2, 0.25) is 0 Å². The van der Waals surface area contributed by atoms with Gasteiger partial charge in [0.15, 0.2) is 0 Å². The molecule has 1 N–H and O–H groups in total. The molecule has 1 heterocycles. The molecule has 2 rings (SSSR count). The molecule has 0 unspecified atom stereocenters. The van der Waals surface area contributed by atoms with Crippen LogP contribution in [0.5, 0.6) is 0 Å². The second-order valence-electron chi connectivity index (χ2n) is 5.55. The minimum absolute atomic E-state index is 0. The van der Waals surface area contributed by atoms with Crippen molar-refractivity contribution in [1.29, 1.82) is 0 Å². The summed E-state index contributed by atoms with van der Waals surface area (Å²) < 4.78 is 26.8. The van der Waals surface area contributed by atoms with Gasteiger partial charge in [-0.25, -0.2) is 8.42 Å². The van der Waals surface area contributed by atoms with Gasteiger partial charge in [-0.05, 0) is 38.7 Å². The van der Waals surface area contributed by atoms with Crippen molar-refractivity contribution in [3.8, 4) is 0 Å². The van der Waals surface area contributed by atoms with E-state index in [1.807, 2.05) is 33.2 Å². The maximum Gasteiger partial charge on any atom is 0.243 e. The van der Waals surface area contributed by atoms with Crippen LogP contribution < -0.4 is 5.32 Å². The van der Waals surface area contributed by atoms with E-state index in [4.69, 9.17) is 0 Å². The Morgan fingerprint density at radius 2 is 1.90 bits per heavy atom. The van der Waals surface area contributed by atoms with Crippen molar-refractivity contribution >= 4 is 22.4 Å². The molecular formula is C14H24ClN3O2S. The van der Waals surface area contributed by atoms with Crippen molar-refractivity contribution in [1.82, 2.24) is 14.5 Å².